The third-order valence-corrected chi connectivity index (χ3v) is 22.7. The lowest BCUT2D eigenvalue weighted by Gasteiger charge is -2.35. The lowest BCUT2D eigenvalue weighted by molar-refractivity contribution is 0.670. The number of hydrogen-bond acceptors (Lipinski definition) is 4. The summed E-state index contributed by atoms with van der Waals surface area (Å²) in [4.78, 5) is 0. The zero-order chi connectivity index (χ0) is 42.6. The Morgan fingerprint density at radius 1 is 0.277 bits per heavy atom. The van der Waals surface area contributed by atoms with Crippen molar-refractivity contribution in [1.29, 1.82) is 0 Å². The van der Waals surface area contributed by atoms with Crippen molar-refractivity contribution in [2.24, 2.45) is 0 Å². The fourth-order valence-corrected chi connectivity index (χ4v) is 20.7. The summed E-state index contributed by atoms with van der Waals surface area (Å²) in [7, 11) is -3.08. The molecule has 65 heavy (non-hydrogen) atoms. The summed E-state index contributed by atoms with van der Waals surface area (Å²) in [6.45, 7) is 0. The van der Waals surface area contributed by atoms with E-state index in [1.165, 1.54) is 98.0 Å². The lowest BCUT2D eigenvalue weighted by Crippen LogP contribution is -2.74. The fraction of sp³-hybridized carbons (Fsp3) is 0. The Bertz CT molecular complexity index is 3920. The average Bonchev–Trinajstić information content (AvgIpc) is 4.16. The highest BCUT2D eigenvalue weighted by Crippen LogP contribution is 2.47. The van der Waals surface area contributed by atoms with Gasteiger partial charge >= 0.3 is 0 Å². The summed E-state index contributed by atoms with van der Waals surface area (Å²) < 4.78 is 14.7. The Kier molecular flexibility index (Phi) is 8.28. The van der Waals surface area contributed by atoms with Gasteiger partial charge in [-0.05, 0) is 32.9 Å². The summed E-state index contributed by atoms with van der Waals surface area (Å²) in [5.74, 6) is 0. The van der Waals surface area contributed by atoms with Crippen LogP contribution in [-0.4, -0.2) is 8.07 Å². The van der Waals surface area contributed by atoms with Gasteiger partial charge in [0.2, 0.25) is 0 Å². The minimum Gasteiger partial charge on any atom is -0.455 e. The van der Waals surface area contributed by atoms with Crippen LogP contribution in [0.4, 0.5) is 0 Å². The first-order chi connectivity index (χ1) is 32.3. The molecule has 0 fully saturated rings. The van der Waals surface area contributed by atoms with Crippen molar-refractivity contribution in [3.8, 4) is 22.3 Å². The molecule has 0 spiro atoms. The van der Waals surface area contributed by atoms with Gasteiger partial charge in [-0.2, -0.15) is 0 Å². The largest absolute Gasteiger partial charge is 0.455 e. The molecule has 4 aromatic heterocycles. The highest BCUT2D eigenvalue weighted by molar-refractivity contribution is 7.34. The molecule has 0 bridgehead atoms. The van der Waals surface area contributed by atoms with Crippen LogP contribution in [0.5, 0.6) is 0 Å². The second-order valence-electron chi connectivity index (χ2n) is 17.0. The number of hydrogen-bond donors (Lipinski definition) is 0. The van der Waals surface area contributed by atoms with Crippen LogP contribution in [0.15, 0.2) is 223 Å². The summed E-state index contributed by atoms with van der Waals surface area (Å²) in [6, 6.07) is 81.7. The third kappa shape index (κ3) is 5.35. The van der Waals surface area contributed by atoms with Crippen LogP contribution in [0.25, 0.3) is 105 Å². The zero-order valence-corrected chi connectivity index (χ0v) is 38.4. The van der Waals surface area contributed by atoms with E-state index in [4.69, 9.17) is 4.42 Å². The molecule has 14 rings (SSSR count). The van der Waals surface area contributed by atoms with Crippen LogP contribution in [0.3, 0.4) is 0 Å². The van der Waals surface area contributed by atoms with Crippen LogP contribution in [0.2, 0.25) is 0 Å². The second kappa shape index (κ2) is 14.4. The Morgan fingerprint density at radius 3 is 1.26 bits per heavy atom. The molecule has 0 radical (unpaired) electrons. The maximum absolute atomic E-state index is 6.66. The van der Waals surface area contributed by atoms with Gasteiger partial charge in [-0.3, -0.25) is 0 Å². The second-order valence-corrected chi connectivity index (χ2v) is 23.8. The predicted molar refractivity (Wildman–Crippen MR) is 287 cm³/mol. The molecule has 0 aliphatic carbocycles. The normalized spacial score (nSPS) is 12.3. The molecule has 10 aromatic carbocycles. The molecule has 0 saturated heterocycles. The first kappa shape index (κ1) is 37.3. The zero-order valence-electron chi connectivity index (χ0n) is 34.9. The van der Waals surface area contributed by atoms with Crippen LogP contribution >= 0.6 is 34.0 Å². The van der Waals surface area contributed by atoms with E-state index in [-0.39, 0.29) is 0 Å². The van der Waals surface area contributed by atoms with Crippen molar-refractivity contribution in [3.05, 3.63) is 218 Å². The molecule has 0 amide bonds. The van der Waals surface area contributed by atoms with Crippen molar-refractivity contribution >= 4 is 145 Å². The Balaban J connectivity index is 1.07. The van der Waals surface area contributed by atoms with Gasteiger partial charge in [-0.1, -0.05) is 206 Å². The van der Waals surface area contributed by atoms with Gasteiger partial charge in [-0.25, -0.2) is 0 Å². The quantitative estimate of drug-likeness (QED) is 0.120. The fourth-order valence-electron chi connectivity index (χ4n) is 10.9. The van der Waals surface area contributed by atoms with Gasteiger partial charge < -0.3 is 4.42 Å². The van der Waals surface area contributed by atoms with Gasteiger partial charge in [0.05, 0.1) is 0 Å². The standard InChI is InChI=1S/C60H36OS3Si/c1-3-17-37(18-4-1)65(38-19-5-2-6-20-38,53-35-15-31-49-47-29-13-26-44(57(47)63-59(49)53)42-24-11-23-41-39-21-7-9-33-51(39)61-55(41)42)54-36-16-32-50-48-30-14-28-46(58(48)64-60(50)54)45-27-12-25-43-40-22-8-10-34-52(40)62-56(43)45/h1-36H. The monoisotopic (exact) mass is 896 g/mol. The summed E-state index contributed by atoms with van der Waals surface area (Å²) >= 11 is 5.84. The van der Waals surface area contributed by atoms with Crippen LogP contribution in [0.1, 0.15) is 0 Å². The predicted octanol–water partition coefficient (Wildman–Crippen LogP) is 15.4. The molecule has 0 atom stereocenters. The molecular weight excluding hydrogens is 861 g/mol. The molecule has 0 aliphatic rings. The molecule has 0 saturated carbocycles. The smallest absolute Gasteiger partial charge is 0.182 e. The first-order valence-electron chi connectivity index (χ1n) is 22.1. The van der Waals surface area contributed by atoms with E-state index >= 15 is 0 Å². The number of para-hydroxylation sites is 2. The number of fused-ring (bicyclic) bond motifs is 12. The molecule has 0 N–H and O–H groups in total. The highest BCUT2D eigenvalue weighted by atomic mass is 32.1. The van der Waals surface area contributed by atoms with E-state index in [9.17, 15) is 0 Å². The molecular formula is C60H36OS3Si. The average molecular weight is 897 g/mol. The van der Waals surface area contributed by atoms with E-state index in [0.29, 0.717) is 0 Å². The van der Waals surface area contributed by atoms with E-state index in [2.05, 4.69) is 218 Å². The van der Waals surface area contributed by atoms with Gasteiger partial charge in [0.25, 0.3) is 0 Å². The Hall–Kier alpha value is -7.12. The Morgan fingerprint density at radius 2 is 0.677 bits per heavy atom. The van der Waals surface area contributed by atoms with Crippen molar-refractivity contribution in [1.82, 2.24) is 0 Å². The number of benzene rings is 10. The number of thiophene rings is 3. The maximum atomic E-state index is 6.66. The summed E-state index contributed by atoms with van der Waals surface area (Å²) in [5.41, 5.74) is 6.80. The molecule has 4 heterocycles. The topological polar surface area (TPSA) is 13.1 Å². The first-order valence-corrected chi connectivity index (χ1v) is 26.5. The minimum absolute atomic E-state index is 0.918. The van der Waals surface area contributed by atoms with Gasteiger partial charge in [-0.15, -0.1) is 34.0 Å². The van der Waals surface area contributed by atoms with Gasteiger partial charge in [0.1, 0.15) is 11.2 Å². The van der Waals surface area contributed by atoms with Crippen LogP contribution < -0.4 is 20.7 Å². The third-order valence-electron chi connectivity index (χ3n) is 13.7. The number of rotatable bonds is 6. The molecule has 5 heteroatoms. The maximum Gasteiger partial charge on any atom is 0.182 e. The Labute approximate surface area is 387 Å². The van der Waals surface area contributed by atoms with Crippen LogP contribution in [0, 0.1) is 0 Å². The van der Waals surface area contributed by atoms with Crippen molar-refractivity contribution < 1.29 is 4.42 Å². The van der Waals surface area contributed by atoms with Gasteiger partial charge in [0.15, 0.2) is 8.07 Å². The van der Waals surface area contributed by atoms with E-state index in [1.807, 2.05) is 34.0 Å². The summed E-state index contributed by atoms with van der Waals surface area (Å²) in [6.07, 6.45) is 0. The lowest BCUT2D eigenvalue weighted by atomic mass is 10.0. The van der Waals surface area contributed by atoms with Crippen molar-refractivity contribution in [3.63, 3.8) is 0 Å². The summed E-state index contributed by atoms with van der Waals surface area (Å²) in [5, 5.41) is 15.8. The van der Waals surface area contributed by atoms with Crippen LogP contribution in [-0.2, 0) is 0 Å². The van der Waals surface area contributed by atoms with E-state index < -0.39 is 8.07 Å². The van der Waals surface area contributed by atoms with Crippen molar-refractivity contribution in [2.75, 3.05) is 0 Å². The molecule has 304 valence electrons. The molecule has 14 aromatic rings. The SMILES string of the molecule is c1ccc([Si](c2ccccc2)(c2cccc3c2sc2c(-c4cccc5c4oc4ccccc45)cccc23)c2cccc3c2sc2c(-c4cccc5c4sc4ccccc45)cccc23)cc1. The van der Waals surface area contributed by atoms with Crippen molar-refractivity contribution in [2.45, 2.75) is 0 Å². The van der Waals surface area contributed by atoms with Gasteiger partial charge in [0, 0.05) is 93.5 Å². The number of furan rings is 1. The molecule has 1 nitrogen and oxygen atoms in total. The molecule has 0 unspecified atom stereocenters. The minimum atomic E-state index is -3.08. The highest BCUT2D eigenvalue weighted by Gasteiger charge is 2.44. The van der Waals surface area contributed by atoms with E-state index in [1.54, 1.807) is 0 Å². The molecule has 0 aliphatic heterocycles. The van der Waals surface area contributed by atoms with E-state index in [0.717, 1.165) is 27.5 Å².